The Kier molecular flexibility index (Phi) is 6.99. The third kappa shape index (κ3) is 4.81. The molecule has 0 amide bonds. The second-order valence-electron chi connectivity index (χ2n) is 6.07. The van der Waals surface area contributed by atoms with Crippen LogP contribution in [-0.4, -0.2) is 34.0 Å². The van der Waals surface area contributed by atoms with E-state index in [1.807, 2.05) is 17.6 Å². The van der Waals surface area contributed by atoms with Crippen molar-refractivity contribution in [3.8, 4) is 0 Å². The van der Waals surface area contributed by atoms with E-state index in [2.05, 4.69) is 62.2 Å². The van der Waals surface area contributed by atoms with Gasteiger partial charge >= 0.3 is 5.82 Å². The molecule has 0 fully saturated rings. The number of hydrogen-bond donors (Lipinski definition) is 0. The predicted molar refractivity (Wildman–Crippen MR) is 104 cm³/mol. The van der Waals surface area contributed by atoms with E-state index in [0.717, 1.165) is 43.3 Å². The lowest BCUT2D eigenvalue weighted by atomic mass is 9.94. The van der Waals surface area contributed by atoms with Gasteiger partial charge in [0.15, 0.2) is 0 Å². The van der Waals surface area contributed by atoms with E-state index in [4.69, 9.17) is 9.72 Å². The number of nitrogens with zero attached hydrogens (tertiary/aromatic N) is 3. The van der Waals surface area contributed by atoms with Crippen molar-refractivity contribution in [2.45, 2.75) is 46.1 Å². The lowest BCUT2D eigenvalue weighted by Crippen LogP contribution is -2.10. The van der Waals surface area contributed by atoms with E-state index in [1.54, 1.807) is 0 Å². The van der Waals surface area contributed by atoms with Gasteiger partial charge in [-0.05, 0) is 30.8 Å². The smallest absolute Gasteiger partial charge is 0.341 e. The average molecular weight is 340 g/mol. The molecule has 0 aliphatic heterocycles. The van der Waals surface area contributed by atoms with Gasteiger partial charge in [-0.15, -0.1) is 0 Å². The van der Waals surface area contributed by atoms with Gasteiger partial charge in [0.05, 0.1) is 25.6 Å². The standard InChI is InChI=1S/C21H30N3O/c1-6-20-22-21(23(5)7-2)16-24(20)15-14-19(17(4)25-8-3)18-12-10-9-11-13-18/h9-13,16,19H,4-8,14-15H2,1-3H3/q+1. The molecule has 0 spiro atoms. The van der Waals surface area contributed by atoms with Crippen molar-refractivity contribution in [3.63, 3.8) is 0 Å². The molecule has 0 radical (unpaired) electrons. The van der Waals surface area contributed by atoms with Gasteiger partial charge in [-0.3, -0.25) is 0 Å². The van der Waals surface area contributed by atoms with Crippen LogP contribution in [0.3, 0.4) is 0 Å². The largest absolute Gasteiger partial charge is 0.498 e. The minimum Gasteiger partial charge on any atom is -0.498 e. The highest BCUT2D eigenvalue weighted by molar-refractivity contribution is 5.27. The molecule has 1 unspecified atom stereocenters. The number of allylic oxidation sites excluding steroid dienone is 1. The summed E-state index contributed by atoms with van der Waals surface area (Å²) in [5.74, 6) is 3.03. The summed E-state index contributed by atoms with van der Waals surface area (Å²) in [6.45, 7) is 16.8. The molecule has 0 aliphatic rings. The van der Waals surface area contributed by atoms with E-state index in [9.17, 15) is 0 Å². The molecular formula is C21H30N3O+. The fourth-order valence-electron chi connectivity index (χ4n) is 2.98. The van der Waals surface area contributed by atoms with Crippen LogP contribution in [0.4, 0.5) is 5.82 Å². The van der Waals surface area contributed by atoms with E-state index in [1.165, 1.54) is 5.56 Å². The van der Waals surface area contributed by atoms with Crippen LogP contribution >= 0.6 is 0 Å². The average Bonchev–Trinajstić information content (AvgIpc) is 3.05. The van der Waals surface area contributed by atoms with Gasteiger partial charge < -0.3 is 9.30 Å². The highest BCUT2D eigenvalue weighted by Gasteiger charge is 2.20. The first-order valence-corrected chi connectivity index (χ1v) is 9.11. The maximum absolute atomic E-state index is 5.73. The molecule has 0 saturated heterocycles. The van der Waals surface area contributed by atoms with Crippen LogP contribution in [-0.2, 0) is 17.7 Å². The first-order valence-electron chi connectivity index (χ1n) is 9.11. The van der Waals surface area contributed by atoms with Gasteiger partial charge in [-0.25, -0.2) is 4.58 Å². The number of aromatic nitrogens is 2. The molecule has 2 rings (SSSR count). The summed E-state index contributed by atoms with van der Waals surface area (Å²) in [5, 5.41) is 0. The highest BCUT2D eigenvalue weighted by Crippen LogP contribution is 2.28. The molecular weight excluding hydrogens is 310 g/mol. The Morgan fingerprint density at radius 2 is 1.96 bits per heavy atom. The van der Waals surface area contributed by atoms with Gasteiger partial charge in [-0.1, -0.05) is 43.8 Å². The SMILES string of the molecule is C=C(OCC)C(CCn1cc([N+](=C)CC)nc1CC)c1ccccc1. The summed E-state index contributed by atoms with van der Waals surface area (Å²) in [5.41, 5.74) is 1.24. The van der Waals surface area contributed by atoms with Crippen LogP contribution in [0.15, 0.2) is 48.9 Å². The summed E-state index contributed by atoms with van der Waals surface area (Å²) in [4.78, 5) is 4.70. The minimum atomic E-state index is 0.179. The lowest BCUT2D eigenvalue weighted by Gasteiger charge is -2.20. The fourth-order valence-corrected chi connectivity index (χ4v) is 2.98. The number of rotatable bonds is 10. The second kappa shape index (κ2) is 9.21. The molecule has 0 bridgehead atoms. The van der Waals surface area contributed by atoms with Crippen LogP contribution in [0, 0.1) is 0 Å². The quantitative estimate of drug-likeness (QED) is 0.361. The maximum Gasteiger partial charge on any atom is 0.341 e. The van der Waals surface area contributed by atoms with Crippen molar-refractivity contribution in [2.24, 2.45) is 0 Å². The first kappa shape index (κ1) is 19.0. The van der Waals surface area contributed by atoms with Crippen LogP contribution in [0.1, 0.15) is 44.5 Å². The second-order valence-corrected chi connectivity index (χ2v) is 6.07. The van der Waals surface area contributed by atoms with Gasteiger partial charge in [0.25, 0.3) is 0 Å². The van der Waals surface area contributed by atoms with Crippen LogP contribution < -0.4 is 0 Å². The Hall–Kier alpha value is -2.36. The zero-order valence-electron chi connectivity index (χ0n) is 15.7. The topological polar surface area (TPSA) is 30.1 Å². The van der Waals surface area contributed by atoms with Gasteiger partial charge in [0, 0.05) is 18.9 Å². The van der Waals surface area contributed by atoms with Crippen molar-refractivity contribution in [1.82, 2.24) is 9.55 Å². The summed E-state index contributed by atoms with van der Waals surface area (Å²) in [6.07, 6.45) is 3.93. The molecule has 25 heavy (non-hydrogen) atoms. The Morgan fingerprint density at radius 3 is 2.56 bits per heavy atom. The third-order valence-corrected chi connectivity index (χ3v) is 4.45. The Labute approximate surface area is 151 Å². The summed E-state index contributed by atoms with van der Waals surface area (Å²) in [7, 11) is 0. The third-order valence-electron chi connectivity index (χ3n) is 4.45. The molecule has 1 heterocycles. The van der Waals surface area contributed by atoms with E-state index in [-0.39, 0.29) is 5.92 Å². The summed E-state index contributed by atoms with van der Waals surface area (Å²) >= 11 is 0. The van der Waals surface area contributed by atoms with Crippen molar-refractivity contribution in [3.05, 3.63) is 60.3 Å². The molecule has 2 aromatic rings. The van der Waals surface area contributed by atoms with Gasteiger partial charge in [-0.2, -0.15) is 0 Å². The monoisotopic (exact) mass is 340 g/mol. The molecule has 4 heteroatoms. The molecule has 1 aromatic carbocycles. The zero-order valence-corrected chi connectivity index (χ0v) is 15.7. The van der Waals surface area contributed by atoms with Gasteiger partial charge in [0.1, 0.15) is 6.20 Å². The van der Waals surface area contributed by atoms with Crippen LogP contribution in [0.5, 0.6) is 0 Å². The Bertz CT molecular complexity index is 703. The molecule has 0 saturated carbocycles. The molecule has 1 atom stereocenters. The van der Waals surface area contributed by atoms with E-state index in [0.29, 0.717) is 6.61 Å². The number of benzene rings is 1. The zero-order chi connectivity index (χ0) is 18.2. The summed E-state index contributed by atoms with van der Waals surface area (Å²) in [6, 6.07) is 10.5. The molecule has 4 nitrogen and oxygen atoms in total. The van der Waals surface area contributed by atoms with Crippen molar-refractivity contribution in [1.29, 1.82) is 0 Å². The van der Waals surface area contributed by atoms with Crippen LogP contribution in [0.2, 0.25) is 0 Å². The van der Waals surface area contributed by atoms with Crippen molar-refractivity contribution < 1.29 is 9.31 Å². The Balaban J connectivity index is 2.19. The minimum absolute atomic E-state index is 0.179. The summed E-state index contributed by atoms with van der Waals surface area (Å²) < 4.78 is 9.88. The van der Waals surface area contributed by atoms with E-state index >= 15 is 0 Å². The first-order chi connectivity index (χ1) is 12.1. The van der Waals surface area contributed by atoms with Gasteiger partial charge in [0.2, 0.25) is 5.82 Å². The number of ether oxygens (including phenoxy) is 1. The maximum atomic E-state index is 5.73. The molecule has 0 N–H and O–H groups in total. The van der Waals surface area contributed by atoms with E-state index < -0.39 is 0 Å². The predicted octanol–water partition coefficient (Wildman–Crippen LogP) is 4.53. The molecule has 1 aromatic heterocycles. The van der Waals surface area contributed by atoms with Crippen molar-refractivity contribution in [2.75, 3.05) is 13.2 Å². The lowest BCUT2D eigenvalue weighted by molar-refractivity contribution is -0.430. The van der Waals surface area contributed by atoms with Crippen LogP contribution in [0.25, 0.3) is 0 Å². The normalized spacial score (nSPS) is 12.0. The molecule has 134 valence electrons. The number of aryl methyl sites for hydroxylation is 2. The number of hydrogen-bond acceptors (Lipinski definition) is 2. The number of imidazole rings is 1. The highest BCUT2D eigenvalue weighted by atomic mass is 16.5. The van der Waals surface area contributed by atoms with Crippen molar-refractivity contribution >= 4 is 12.5 Å². The Morgan fingerprint density at radius 1 is 1.24 bits per heavy atom. The molecule has 0 aliphatic carbocycles. The fraction of sp³-hybridized carbons (Fsp3) is 0.429.